The molecule has 0 spiro atoms. The second kappa shape index (κ2) is 5.38. The molecule has 0 saturated carbocycles. The molecule has 3 rings (SSSR count). The lowest BCUT2D eigenvalue weighted by molar-refractivity contribution is 0.879. The Bertz CT molecular complexity index is 650. The summed E-state index contributed by atoms with van der Waals surface area (Å²) in [5, 5.41) is 12.3. The smallest absolute Gasteiger partial charge is 0.0991 e. The Morgan fingerprint density at radius 1 is 1.05 bits per heavy atom. The fourth-order valence-corrected chi connectivity index (χ4v) is 2.84. The van der Waals surface area contributed by atoms with Crippen LogP contribution >= 0.6 is 0 Å². The summed E-state index contributed by atoms with van der Waals surface area (Å²) in [6.07, 6.45) is 3.73. The van der Waals surface area contributed by atoms with E-state index in [4.69, 9.17) is 5.26 Å². The van der Waals surface area contributed by atoms with Gasteiger partial charge in [0, 0.05) is 11.7 Å². The molecule has 2 heteroatoms. The lowest BCUT2D eigenvalue weighted by Crippen LogP contribution is -2.07. The lowest BCUT2D eigenvalue weighted by Gasteiger charge is -2.17. The topological polar surface area (TPSA) is 35.8 Å². The van der Waals surface area contributed by atoms with Crippen LogP contribution in [0.15, 0.2) is 42.5 Å². The van der Waals surface area contributed by atoms with Gasteiger partial charge in [-0.3, -0.25) is 0 Å². The molecule has 0 bridgehead atoms. The minimum Gasteiger partial charge on any atom is -0.379 e. The average molecular weight is 262 g/mol. The highest BCUT2D eigenvalue weighted by molar-refractivity contribution is 5.49. The van der Waals surface area contributed by atoms with Crippen molar-refractivity contribution < 1.29 is 0 Å². The minimum atomic E-state index is 0.272. The van der Waals surface area contributed by atoms with Crippen LogP contribution in [0.2, 0.25) is 0 Å². The molecular weight excluding hydrogens is 244 g/mol. The summed E-state index contributed by atoms with van der Waals surface area (Å²) in [6, 6.07) is 16.9. The number of hydrogen-bond donors (Lipinski definition) is 1. The van der Waals surface area contributed by atoms with Gasteiger partial charge in [0.25, 0.3) is 0 Å². The number of nitrogens with zero attached hydrogens (tertiary/aromatic N) is 1. The first-order valence-electron chi connectivity index (χ1n) is 7.14. The molecule has 100 valence electrons. The van der Waals surface area contributed by atoms with Crippen molar-refractivity contribution in [1.82, 2.24) is 0 Å². The van der Waals surface area contributed by atoms with E-state index in [1.807, 2.05) is 24.3 Å². The van der Waals surface area contributed by atoms with Crippen LogP contribution < -0.4 is 5.32 Å². The van der Waals surface area contributed by atoms with Crippen LogP contribution in [0.3, 0.4) is 0 Å². The van der Waals surface area contributed by atoms with E-state index in [2.05, 4.69) is 36.5 Å². The summed E-state index contributed by atoms with van der Waals surface area (Å²) in [7, 11) is 0. The molecule has 0 radical (unpaired) electrons. The van der Waals surface area contributed by atoms with Gasteiger partial charge in [0.05, 0.1) is 11.6 Å². The molecule has 1 aliphatic carbocycles. The van der Waals surface area contributed by atoms with E-state index in [1.54, 1.807) is 0 Å². The van der Waals surface area contributed by atoms with Crippen molar-refractivity contribution in [3.63, 3.8) is 0 Å². The Morgan fingerprint density at radius 3 is 2.55 bits per heavy atom. The van der Waals surface area contributed by atoms with Gasteiger partial charge in [-0.2, -0.15) is 5.26 Å². The summed E-state index contributed by atoms with van der Waals surface area (Å²) >= 11 is 0. The van der Waals surface area contributed by atoms with Crippen LogP contribution in [-0.2, 0) is 12.8 Å². The molecule has 0 amide bonds. The van der Waals surface area contributed by atoms with Crippen LogP contribution in [0.1, 0.15) is 41.6 Å². The van der Waals surface area contributed by atoms with Crippen LogP contribution in [0, 0.1) is 11.3 Å². The number of fused-ring (bicyclic) bond motifs is 1. The third kappa shape index (κ3) is 2.53. The predicted molar refractivity (Wildman–Crippen MR) is 81.7 cm³/mol. The van der Waals surface area contributed by atoms with Gasteiger partial charge in [0.1, 0.15) is 0 Å². The van der Waals surface area contributed by atoms with Crippen molar-refractivity contribution in [2.45, 2.75) is 32.2 Å². The van der Waals surface area contributed by atoms with Gasteiger partial charge in [0.2, 0.25) is 0 Å². The largest absolute Gasteiger partial charge is 0.379 e. The van der Waals surface area contributed by atoms with Crippen molar-refractivity contribution in [2.24, 2.45) is 0 Å². The Kier molecular flexibility index (Phi) is 3.43. The van der Waals surface area contributed by atoms with E-state index < -0.39 is 0 Å². The Labute approximate surface area is 120 Å². The Balaban J connectivity index is 1.75. The van der Waals surface area contributed by atoms with Gasteiger partial charge in [-0.05, 0) is 67.1 Å². The van der Waals surface area contributed by atoms with Crippen molar-refractivity contribution in [3.05, 3.63) is 64.7 Å². The summed E-state index contributed by atoms with van der Waals surface area (Å²) in [6.45, 7) is 2.18. The highest BCUT2D eigenvalue weighted by Gasteiger charge is 2.13. The quantitative estimate of drug-likeness (QED) is 0.899. The summed E-state index contributed by atoms with van der Waals surface area (Å²) < 4.78 is 0. The van der Waals surface area contributed by atoms with E-state index in [1.165, 1.54) is 36.0 Å². The van der Waals surface area contributed by atoms with Crippen LogP contribution in [-0.4, -0.2) is 0 Å². The molecule has 2 aromatic rings. The molecule has 1 N–H and O–H groups in total. The van der Waals surface area contributed by atoms with Gasteiger partial charge in [-0.25, -0.2) is 0 Å². The molecule has 0 heterocycles. The van der Waals surface area contributed by atoms with Gasteiger partial charge in [-0.15, -0.1) is 0 Å². The summed E-state index contributed by atoms with van der Waals surface area (Å²) in [4.78, 5) is 0. The molecule has 0 aromatic heterocycles. The number of hydrogen-bond acceptors (Lipinski definition) is 2. The maximum Gasteiger partial charge on any atom is 0.0991 e. The standard InChI is InChI=1S/C18H18N2/c1-13(20-18-9-5-14(12-19)6-10-18)16-8-7-15-3-2-4-17(15)11-16/h5-11,13,20H,2-4H2,1H3. The number of nitrogens with one attached hydrogen (secondary N) is 1. The zero-order valence-electron chi connectivity index (χ0n) is 11.7. The van der Waals surface area contributed by atoms with E-state index in [-0.39, 0.29) is 6.04 Å². The third-order valence-electron chi connectivity index (χ3n) is 4.02. The second-order valence-corrected chi connectivity index (χ2v) is 5.44. The molecule has 1 unspecified atom stereocenters. The zero-order chi connectivity index (χ0) is 13.9. The van der Waals surface area contributed by atoms with E-state index >= 15 is 0 Å². The maximum absolute atomic E-state index is 8.81. The molecule has 0 aliphatic heterocycles. The Hall–Kier alpha value is -2.27. The fraction of sp³-hybridized carbons (Fsp3) is 0.278. The van der Waals surface area contributed by atoms with Crippen molar-refractivity contribution in [3.8, 4) is 6.07 Å². The monoisotopic (exact) mass is 262 g/mol. The number of benzene rings is 2. The van der Waals surface area contributed by atoms with Gasteiger partial charge < -0.3 is 5.32 Å². The summed E-state index contributed by atoms with van der Waals surface area (Å²) in [5.74, 6) is 0. The molecule has 1 atom stereocenters. The fourth-order valence-electron chi connectivity index (χ4n) is 2.84. The first-order valence-corrected chi connectivity index (χ1v) is 7.14. The highest BCUT2D eigenvalue weighted by atomic mass is 14.9. The first-order chi connectivity index (χ1) is 9.76. The number of nitriles is 1. The van der Waals surface area contributed by atoms with Crippen molar-refractivity contribution in [1.29, 1.82) is 5.26 Å². The normalized spacial score (nSPS) is 14.4. The van der Waals surface area contributed by atoms with Crippen molar-refractivity contribution in [2.75, 3.05) is 5.32 Å². The average Bonchev–Trinajstić information content (AvgIpc) is 2.95. The number of rotatable bonds is 3. The second-order valence-electron chi connectivity index (χ2n) is 5.44. The van der Waals surface area contributed by atoms with Crippen molar-refractivity contribution >= 4 is 5.69 Å². The number of aryl methyl sites for hydroxylation is 2. The SMILES string of the molecule is CC(Nc1ccc(C#N)cc1)c1ccc2c(c1)CCC2. The highest BCUT2D eigenvalue weighted by Crippen LogP contribution is 2.27. The van der Waals surface area contributed by atoms with Crippen LogP contribution in [0.25, 0.3) is 0 Å². The van der Waals surface area contributed by atoms with Gasteiger partial charge in [-0.1, -0.05) is 18.2 Å². The number of anilines is 1. The minimum absolute atomic E-state index is 0.272. The zero-order valence-corrected chi connectivity index (χ0v) is 11.7. The summed E-state index contributed by atoms with van der Waals surface area (Å²) in [5.41, 5.74) is 6.10. The van der Waals surface area contributed by atoms with E-state index in [9.17, 15) is 0 Å². The van der Waals surface area contributed by atoms with Gasteiger partial charge in [0.15, 0.2) is 0 Å². The van der Waals surface area contributed by atoms with Crippen LogP contribution in [0.5, 0.6) is 0 Å². The van der Waals surface area contributed by atoms with Crippen LogP contribution in [0.4, 0.5) is 5.69 Å². The molecule has 20 heavy (non-hydrogen) atoms. The molecule has 0 fully saturated rings. The molecule has 0 saturated heterocycles. The molecule has 1 aliphatic rings. The first kappa shape index (κ1) is 12.7. The van der Waals surface area contributed by atoms with E-state index in [0.717, 1.165) is 5.69 Å². The molecule has 2 aromatic carbocycles. The third-order valence-corrected chi connectivity index (χ3v) is 4.02. The molecular formula is C18H18N2. The predicted octanol–water partition coefficient (Wildman–Crippen LogP) is 4.22. The van der Waals surface area contributed by atoms with E-state index in [0.29, 0.717) is 5.56 Å². The lowest BCUT2D eigenvalue weighted by atomic mass is 10.0. The maximum atomic E-state index is 8.81. The van der Waals surface area contributed by atoms with Gasteiger partial charge >= 0.3 is 0 Å². The molecule has 2 nitrogen and oxygen atoms in total. The Morgan fingerprint density at radius 2 is 1.80 bits per heavy atom.